The first-order valence-corrected chi connectivity index (χ1v) is 24.2. The number of hydrogen-bond donors (Lipinski definition) is 0. The first-order chi connectivity index (χ1) is 30.9. The summed E-state index contributed by atoms with van der Waals surface area (Å²) in [6.45, 7) is 24.4. The molecule has 0 radical (unpaired) electrons. The molecule has 6 nitrogen and oxygen atoms in total. The topological polar surface area (TPSA) is 55.4 Å². The van der Waals surface area contributed by atoms with Crippen molar-refractivity contribution < 1.29 is 27.9 Å². The summed E-state index contributed by atoms with van der Waals surface area (Å²) in [5.41, 5.74) is -1.36. The Labute approximate surface area is 408 Å². The third-order valence-electron chi connectivity index (χ3n) is 14.9. The number of fused-ring (bicyclic) bond motifs is 12. The predicted molar refractivity (Wildman–Crippen MR) is 284 cm³/mol. The molecule has 11 rings (SSSR count). The van der Waals surface area contributed by atoms with Crippen LogP contribution in [-0.2, 0) is 27.9 Å². The van der Waals surface area contributed by atoms with Gasteiger partial charge in [-0.05, 0) is 182 Å². The molecule has 0 aromatic heterocycles. The molecular weight excluding hydrogens is 928 g/mol. The predicted octanol–water partition coefficient (Wildman–Crippen LogP) is 14.9. The summed E-state index contributed by atoms with van der Waals surface area (Å²) in [6, 6.07) is 42.4. The van der Waals surface area contributed by atoms with Gasteiger partial charge in [-0.3, -0.25) is 0 Å². The zero-order valence-corrected chi connectivity index (χ0v) is 43.0. The largest absolute Gasteiger partial charge is 0.496 e. The Balaban J connectivity index is 0.000000129. The minimum atomic E-state index is -0.480. The van der Waals surface area contributed by atoms with Gasteiger partial charge in [0.2, 0.25) is 0 Å². The Morgan fingerprint density at radius 1 is 0.333 bits per heavy atom. The van der Waals surface area contributed by atoms with Gasteiger partial charge in [0, 0.05) is 15.0 Å². The van der Waals surface area contributed by atoms with Crippen molar-refractivity contribution in [2.45, 2.75) is 117 Å². The molecule has 3 aliphatic heterocycles. The van der Waals surface area contributed by atoms with E-state index in [0.717, 1.165) is 20.3 Å². The molecule has 66 heavy (non-hydrogen) atoms. The third kappa shape index (κ3) is 8.16. The van der Waals surface area contributed by atoms with Crippen LogP contribution in [0.25, 0.3) is 64.6 Å². The van der Waals surface area contributed by atoms with Gasteiger partial charge in [0.05, 0.1) is 38.6 Å². The van der Waals surface area contributed by atoms with Gasteiger partial charge in [-0.2, -0.15) is 0 Å². The number of hydrogen-bond acceptors (Lipinski definition) is 6. The second-order valence-corrected chi connectivity index (χ2v) is 22.4. The SMILES string of the molecule is CC1(C)OB(B2OC(C)(C)C(C)(C)O2)OC1(C)C.CC1(C)OB(c2cc3c4ccccc4c4ccccc4c3cc2Cl)OC1(C)C.Clc1cc2c3ccccc3c3ccccc3c2cc1Br. The van der Waals surface area contributed by atoms with Gasteiger partial charge in [0.15, 0.2) is 0 Å². The molecular formula is C54H56B3BrCl2O6. The second kappa shape index (κ2) is 16.8. The van der Waals surface area contributed by atoms with E-state index in [9.17, 15) is 0 Å². The molecule has 0 bridgehead atoms. The summed E-state index contributed by atoms with van der Waals surface area (Å²) in [5.74, 6) is 0. The maximum absolute atomic E-state index is 6.76. The Morgan fingerprint density at radius 3 is 0.894 bits per heavy atom. The molecule has 3 saturated heterocycles. The molecule has 0 aliphatic carbocycles. The van der Waals surface area contributed by atoms with Gasteiger partial charge in [0.1, 0.15) is 0 Å². The van der Waals surface area contributed by atoms with Crippen molar-refractivity contribution in [3.05, 3.63) is 136 Å². The van der Waals surface area contributed by atoms with E-state index in [2.05, 4.69) is 165 Å². The highest BCUT2D eigenvalue weighted by atomic mass is 79.9. The van der Waals surface area contributed by atoms with E-state index in [4.69, 9.17) is 51.1 Å². The highest BCUT2D eigenvalue weighted by Gasteiger charge is 2.63. The van der Waals surface area contributed by atoms with Crippen molar-refractivity contribution in [2.75, 3.05) is 0 Å². The lowest BCUT2D eigenvalue weighted by molar-refractivity contribution is 0.00578. The van der Waals surface area contributed by atoms with Crippen LogP contribution >= 0.6 is 39.1 Å². The average Bonchev–Trinajstić information content (AvgIpc) is 3.74. The molecule has 3 aliphatic rings. The first kappa shape index (κ1) is 47.4. The minimum absolute atomic E-state index is 0.360. The van der Waals surface area contributed by atoms with Crippen molar-refractivity contribution in [1.82, 2.24) is 0 Å². The summed E-state index contributed by atoms with van der Waals surface area (Å²) < 4.78 is 37.3. The van der Waals surface area contributed by atoms with Crippen molar-refractivity contribution in [1.29, 1.82) is 0 Å². The van der Waals surface area contributed by atoms with Crippen LogP contribution in [0.1, 0.15) is 83.1 Å². The monoisotopic (exact) mass is 982 g/mol. The Bertz CT molecular complexity index is 3050. The molecule has 12 heteroatoms. The van der Waals surface area contributed by atoms with E-state index in [-0.39, 0.29) is 22.4 Å². The Morgan fingerprint density at radius 2 is 0.576 bits per heavy atom. The summed E-state index contributed by atoms with van der Waals surface area (Å²) in [7, 11) is -1.43. The average molecular weight is 984 g/mol. The third-order valence-corrected chi connectivity index (χ3v) is 16.4. The fraction of sp³-hybridized carbons (Fsp3) is 0.333. The van der Waals surface area contributed by atoms with Gasteiger partial charge in [-0.25, -0.2) is 0 Å². The van der Waals surface area contributed by atoms with E-state index in [1.54, 1.807) is 0 Å². The van der Waals surface area contributed by atoms with Crippen LogP contribution in [0.4, 0.5) is 0 Å². The van der Waals surface area contributed by atoms with Crippen molar-refractivity contribution in [3.8, 4) is 0 Å². The van der Waals surface area contributed by atoms with Crippen molar-refractivity contribution in [2.24, 2.45) is 0 Å². The van der Waals surface area contributed by atoms with Crippen LogP contribution < -0.4 is 5.46 Å². The molecule has 8 aromatic rings. The van der Waals surface area contributed by atoms with Gasteiger partial charge < -0.3 is 27.9 Å². The van der Waals surface area contributed by atoms with Crippen LogP contribution in [-0.4, -0.2) is 54.7 Å². The van der Waals surface area contributed by atoms with Crippen LogP contribution in [0.15, 0.2) is 126 Å². The second-order valence-electron chi connectivity index (χ2n) is 20.8. The highest BCUT2D eigenvalue weighted by Crippen LogP contribution is 2.44. The van der Waals surface area contributed by atoms with Crippen molar-refractivity contribution >= 4 is 130 Å². The lowest BCUT2D eigenvalue weighted by Gasteiger charge is -2.32. The van der Waals surface area contributed by atoms with Crippen molar-refractivity contribution in [3.63, 3.8) is 0 Å². The van der Waals surface area contributed by atoms with Gasteiger partial charge in [-0.1, -0.05) is 126 Å². The number of benzene rings is 8. The Kier molecular flexibility index (Phi) is 12.1. The molecule has 3 fully saturated rings. The van der Waals surface area contributed by atoms with Crippen LogP contribution in [0.2, 0.25) is 10.0 Å². The first-order valence-electron chi connectivity index (χ1n) is 22.7. The molecule has 0 N–H and O–H groups in total. The normalized spacial score (nSPS) is 20.0. The fourth-order valence-corrected chi connectivity index (χ4v) is 9.75. The molecule has 0 unspecified atom stereocenters. The summed E-state index contributed by atoms with van der Waals surface area (Å²) in [5, 5.41) is 16.1. The standard InChI is InChI=1S/C24H22BClO2.C18H10BrCl.C12H24B2O4/c1-23(2)24(3,4)28-25(27-23)21-13-19-17-11-7-5-9-15(17)16-10-6-8-12-18(16)20(19)14-22(21)26;19-17-9-15-13-7-3-1-5-11(13)12-6-2-4-8-14(12)16(15)10-18(17)20;1-9(2)10(3,4)16-13(15-9)14-17-11(5,6)12(7,8)18-14/h5-14H,1-4H3;1-10H;1-8H3. The minimum Gasteiger partial charge on any atom is -0.405 e. The van der Waals surface area contributed by atoms with E-state index < -0.39 is 32.3 Å². The summed E-state index contributed by atoms with van der Waals surface area (Å²) in [6.07, 6.45) is 0. The highest BCUT2D eigenvalue weighted by molar-refractivity contribution is 9.10. The smallest absolute Gasteiger partial charge is 0.405 e. The molecule has 0 amide bonds. The zero-order chi connectivity index (χ0) is 47.4. The van der Waals surface area contributed by atoms with E-state index in [1.165, 1.54) is 59.2 Å². The lowest BCUT2D eigenvalue weighted by atomic mass is 9.49. The zero-order valence-electron chi connectivity index (χ0n) is 39.9. The van der Waals surface area contributed by atoms with Gasteiger partial charge >= 0.3 is 21.1 Å². The lowest BCUT2D eigenvalue weighted by Crippen LogP contribution is -2.41. The van der Waals surface area contributed by atoms with Gasteiger partial charge in [-0.15, -0.1) is 0 Å². The van der Waals surface area contributed by atoms with Crippen LogP contribution in [0.5, 0.6) is 0 Å². The van der Waals surface area contributed by atoms with Gasteiger partial charge in [0.25, 0.3) is 0 Å². The molecule has 338 valence electrons. The number of halogens is 3. The Hall–Kier alpha value is -3.67. The fourth-order valence-electron chi connectivity index (χ4n) is 8.99. The molecule has 8 aromatic carbocycles. The maximum Gasteiger partial charge on any atom is 0.496 e. The summed E-state index contributed by atoms with van der Waals surface area (Å²) in [4.78, 5) is 0. The quantitative estimate of drug-likeness (QED) is 0.127. The van der Waals surface area contributed by atoms with Crippen LogP contribution in [0, 0.1) is 0 Å². The number of rotatable bonds is 2. The van der Waals surface area contributed by atoms with E-state index in [1.807, 2.05) is 55.4 Å². The molecule has 3 heterocycles. The molecule has 0 spiro atoms. The maximum atomic E-state index is 6.76. The van der Waals surface area contributed by atoms with E-state index >= 15 is 0 Å². The van der Waals surface area contributed by atoms with E-state index in [0.29, 0.717) is 5.02 Å². The van der Waals surface area contributed by atoms with Crippen LogP contribution in [0.3, 0.4) is 0 Å². The summed E-state index contributed by atoms with van der Waals surface area (Å²) >= 11 is 16.6. The molecule has 0 saturated carbocycles. The molecule has 0 atom stereocenters.